The molecule has 0 amide bonds. The fraction of sp³-hybridized carbons (Fsp3) is 0.800. The average Bonchev–Trinajstić information content (AvgIpc) is 1.66. The number of rotatable bonds is 3. The van der Waals surface area contributed by atoms with E-state index in [4.69, 9.17) is 3.79 Å². The van der Waals surface area contributed by atoms with Crippen molar-refractivity contribution < 1.29 is 8.58 Å². The van der Waals surface area contributed by atoms with Gasteiger partial charge in [0.1, 0.15) is 0 Å². The van der Waals surface area contributed by atoms with Gasteiger partial charge in [-0.25, -0.2) is 0 Å². The normalized spacial score (nSPS) is 8.25. The Hall–Kier alpha value is 0.00247. The minimum atomic E-state index is -0.486. The molecule has 0 N–H and O–H groups in total. The maximum Gasteiger partial charge on any atom is 0.524 e. The van der Waals surface area contributed by atoms with Crippen LogP contribution in [-0.2, 0) is 8.58 Å². The molecule has 0 spiro atoms. The lowest BCUT2D eigenvalue weighted by atomic mass is 10.6. The summed E-state index contributed by atoms with van der Waals surface area (Å²) in [5, 5.41) is 1.11. The fourth-order valence-electron chi connectivity index (χ4n) is 0.360. The second-order valence-corrected chi connectivity index (χ2v) is 3.10. The van der Waals surface area contributed by atoms with Crippen molar-refractivity contribution in [3.8, 4) is 0 Å². The van der Waals surface area contributed by atoms with Gasteiger partial charge in [-0.05, 0) is 0 Å². The maximum atomic E-state index is 10.1. The molecule has 0 fully saturated rings. The molecule has 8 heavy (non-hydrogen) atoms. The summed E-state index contributed by atoms with van der Waals surface area (Å²) in [6.07, 6.45) is 1.14. The third kappa shape index (κ3) is 6.00. The lowest BCUT2D eigenvalue weighted by molar-refractivity contribution is -0.131. The van der Waals surface area contributed by atoms with Crippen LogP contribution in [0.1, 0.15) is 20.3 Å². The van der Waals surface area contributed by atoms with Gasteiger partial charge in [0.25, 0.3) is 5.97 Å². The van der Waals surface area contributed by atoms with Gasteiger partial charge in [-0.2, -0.15) is 0 Å². The molecule has 0 saturated carbocycles. The van der Waals surface area contributed by atoms with Crippen LogP contribution in [0.2, 0.25) is 5.28 Å². The molecular formula is C5H11AlO2. The highest BCUT2D eigenvalue weighted by atomic mass is 27.1. The van der Waals surface area contributed by atoms with E-state index in [1.807, 2.05) is 0 Å². The molecule has 0 aliphatic heterocycles. The molecule has 0 bridgehead atoms. The second kappa shape index (κ2) is 5.15. The van der Waals surface area contributed by atoms with Crippen molar-refractivity contribution in [2.24, 2.45) is 0 Å². The zero-order chi connectivity index (χ0) is 6.41. The first-order valence-corrected chi connectivity index (χ1v) is 4.48. The van der Waals surface area contributed by atoms with E-state index in [1.54, 1.807) is 0 Å². The third-order valence-corrected chi connectivity index (χ3v) is 2.41. The van der Waals surface area contributed by atoms with Crippen LogP contribution in [0.4, 0.5) is 0 Å². The zero-order valence-corrected chi connectivity index (χ0v) is 6.85. The summed E-state index contributed by atoms with van der Waals surface area (Å²) in [6.45, 7) is 3.55. The van der Waals surface area contributed by atoms with Crippen molar-refractivity contribution in [1.29, 1.82) is 0 Å². The Labute approximate surface area is 56.3 Å². The third-order valence-electron chi connectivity index (χ3n) is 0.803. The Bertz CT molecular complexity index is 72.8. The number of carbonyl (C=O) groups excluding carboxylic acids is 1. The van der Waals surface area contributed by atoms with Crippen molar-refractivity contribution in [2.45, 2.75) is 25.6 Å². The standard InChI is InChI=1S/C3H7.C2H4O2.Al.H/c1-3-2;1-2(3)4;;/h1,3H2,2H3;1H3,(H,3,4);;/q;;+1;/p-1. The Balaban J connectivity index is 2.82. The monoisotopic (exact) mass is 130 g/mol. The van der Waals surface area contributed by atoms with E-state index in [-0.39, 0.29) is 5.97 Å². The van der Waals surface area contributed by atoms with Crippen molar-refractivity contribution >= 4 is 21.5 Å². The van der Waals surface area contributed by atoms with Gasteiger partial charge in [0.2, 0.25) is 0 Å². The van der Waals surface area contributed by atoms with E-state index < -0.39 is 15.6 Å². The smallest absolute Gasteiger partial charge is 0.524 e. The first kappa shape index (κ1) is 8.00. The molecule has 0 aromatic heterocycles. The lowest BCUT2D eigenvalue weighted by Gasteiger charge is -1.95. The van der Waals surface area contributed by atoms with E-state index >= 15 is 0 Å². The van der Waals surface area contributed by atoms with Gasteiger partial charge >= 0.3 is 15.6 Å². The van der Waals surface area contributed by atoms with Gasteiger partial charge in [-0.15, -0.1) is 0 Å². The van der Waals surface area contributed by atoms with Crippen LogP contribution in [0.15, 0.2) is 0 Å². The molecule has 0 rings (SSSR count). The highest BCUT2D eigenvalue weighted by molar-refractivity contribution is 6.30. The topological polar surface area (TPSA) is 26.3 Å². The van der Waals surface area contributed by atoms with Crippen molar-refractivity contribution in [2.75, 3.05) is 0 Å². The van der Waals surface area contributed by atoms with Crippen LogP contribution in [0.3, 0.4) is 0 Å². The Morgan fingerprint density at radius 3 is 2.75 bits per heavy atom. The van der Waals surface area contributed by atoms with Crippen LogP contribution in [0.25, 0.3) is 0 Å². The molecule has 0 unspecified atom stereocenters. The van der Waals surface area contributed by atoms with Gasteiger partial charge < -0.3 is 3.79 Å². The molecule has 46 valence electrons. The summed E-state index contributed by atoms with van der Waals surface area (Å²) < 4.78 is 4.78. The fourth-order valence-corrected chi connectivity index (χ4v) is 1.08. The molecule has 0 heterocycles. The minimum Gasteiger partial charge on any atom is -0.619 e. The summed E-state index contributed by atoms with van der Waals surface area (Å²) in [6, 6.07) is 0. The Morgan fingerprint density at radius 2 is 2.38 bits per heavy atom. The molecule has 0 aromatic rings. The predicted octanol–water partition coefficient (Wildman–Crippen LogP) is 0.729. The quantitative estimate of drug-likeness (QED) is 0.416. The van der Waals surface area contributed by atoms with Gasteiger partial charge in [-0.3, -0.25) is 4.79 Å². The predicted molar refractivity (Wildman–Crippen MR) is 34.0 cm³/mol. The van der Waals surface area contributed by atoms with E-state index in [0.717, 1.165) is 11.7 Å². The molecule has 0 radical (unpaired) electrons. The average molecular weight is 130 g/mol. The van der Waals surface area contributed by atoms with Crippen LogP contribution < -0.4 is 0 Å². The van der Waals surface area contributed by atoms with E-state index in [1.165, 1.54) is 6.92 Å². The molecule has 0 aliphatic rings. The molecule has 0 aliphatic carbocycles. The van der Waals surface area contributed by atoms with Crippen LogP contribution >= 0.6 is 0 Å². The molecule has 0 aromatic carbocycles. The summed E-state index contributed by atoms with van der Waals surface area (Å²) in [7, 11) is 0. The second-order valence-electron chi connectivity index (χ2n) is 1.69. The lowest BCUT2D eigenvalue weighted by Crippen LogP contribution is -2.02. The molecular weight excluding hydrogens is 119 g/mol. The molecule has 2 nitrogen and oxygen atoms in total. The first-order chi connectivity index (χ1) is 3.77. The van der Waals surface area contributed by atoms with E-state index in [2.05, 4.69) is 6.92 Å². The van der Waals surface area contributed by atoms with Gasteiger partial charge in [0.05, 0.1) is 0 Å². The summed E-state index contributed by atoms with van der Waals surface area (Å²) in [5.41, 5.74) is 0. The summed E-state index contributed by atoms with van der Waals surface area (Å²) in [5.74, 6) is -0.120. The van der Waals surface area contributed by atoms with Crippen molar-refractivity contribution in [3.63, 3.8) is 0 Å². The highest BCUT2D eigenvalue weighted by Gasteiger charge is 1.95. The maximum absolute atomic E-state index is 10.1. The van der Waals surface area contributed by atoms with E-state index in [9.17, 15) is 4.79 Å². The van der Waals surface area contributed by atoms with Gasteiger partial charge in [-0.1, -0.05) is 18.6 Å². The number of hydrogen-bond donors (Lipinski definition) is 0. The van der Waals surface area contributed by atoms with Gasteiger partial charge in [0, 0.05) is 6.92 Å². The summed E-state index contributed by atoms with van der Waals surface area (Å²) >= 11 is -0.486. The summed E-state index contributed by atoms with van der Waals surface area (Å²) in [4.78, 5) is 10.1. The highest BCUT2D eigenvalue weighted by Crippen LogP contribution is 1.85. The van der Waals surface area contributed by atoms with Crippen molar-refractivity contribution in [1.82, 2.24) is 0 Å². The van der Waals surface area contributed by atoms with Gasteiger partial charge in [0.15, 0.2) is 0 Å². The van der Waals surface area contributed by atoms with Crippen LogP contribution in [0, 0.1) is 0 Å². The van der Waals surface area contributed by atoms with E-state index in [0.29, 0.717) is 0 Å². The minimum absolute atomic E-state index is 0.120. The SMILES string of the molecule is CC[CH2][AlH][O]C(C)=O. The zero-order valence-electron chi connectivity index (χ0n) is 5.44. The molecule has 3 heteroatoms. The first-order valence-electron chi connectivity index (χ1n) is 2.90. The molecule has 0 atom stereocenters. The Morgan fingerprint density at radius 1 is 1.75 bits per heavy atom. The van der Waals surface area contributed by atoms with Crippen LogP contribution in [0.5, 0.6) is 0 Å². The van der Waals surface area contributed by atoms with Crippen LogP contribution in [-0.4, -0.2) is 21.5 Å². The van der Waals surface area contributed by atoms with Crippen molar-refractivity contribution in [3.05, 3.63) is 0 Å². The molecule has 0 saturated heterocycles. The largest absolute Gasteiger partial charge is 0.619 e. The number of hydrogen-bond acceptors (Lipinski definition) is 2. The number of carbonyl (C=O) groups is 1. The Kier molecular flexibility index (Phi) is 5.15.